The summed E-state index contributed by atoms with van der Waals surface area (Å²) < 4.78 is 26.3. The highest BCUT2D eigenvalue weighted by Crippen LogP contribution is 2.29. The first-order valence-corrected chi connectivity index (χ1v) is 7.99. The molecule has 0 atom stereocenters. The summed E-state index contributed by atoms with van der Waals surface area (Å²) in [6.45, 7) is 1.14. The standard InChI is InChI=1S/C19H21F2NO2/c20-16-7-3-14(4-8-16)18(15-5-9-17(21)10-6-15)2-1-12-22-13-11-19(23)24/h3-10,18,22H,1-2,11-13H2,(H,23,24). The van der Waals surface area contributed by atoms with Crippen molar-refractivity contribution in [2.75, 3.05) is 13.1 Å². The van der Waals surface area contributed by atoms with Gasteiger partial charge in [0.1, 0.15) is 11.6 Å². The number of carboxylic acids is 1. The summed E-state index contributed by atoms with van der Waals surface area (Å²) in [5.41, 5.74) is 1.96. The topological polar surface area (TPSA) is 49.3 Å². The van der Waals surface area contributed by atoms with Crippen LogP contribution in [0, 0.1) is 11.6 Å². The van der Waals surface area contributed by atoms with Gasteiger partial charge in [-0.05, 0) is 54.8 Å². The van der Waals surface area contributed by atoms with Gasteiger partial charge in [0.15, 0.2) is 0 Å². The minimum atomic E-state index is -0.821. The lowest BCUT2D eigenvalue weighted by Crippen LogP contribution is -2.19. The number of nitrogens with one attached hydrogen (secondary N) is 1. The largest absolute Gasteiger partial charge is 0.481 e. The van der Waals surface area contributed by atoms with E-state index in [1.807, 2.05) is 0 Å². The summed E-state index contributed by atoms with van der Waals surface area (Å²) in [5.74, 6) is -1.34. The van der Waals surface area contributed by atoms with Crippen molar-refractivity contribution in [1.82, 2.24) is 5.32 Å². The van der Waals surface area contributed by atoms with Crippen LogP contribution in [0.25, 0.3) is 0 Å². The Hall–Kier alpha value is -2.27. The molecule has 0 aliphatic rings. The molecule has 0 heterocycles. The van der Waals surface area contributed by atoms with Crippen molar-refractivity contribution in [3.05, 3.63) is 71.3 Å². The Morgan fingerprint density at radius 1 is 0.917 bits per heavy atom. The number of aliphatic carboxylic acids is 1. The number of benzene rings is 2. The second kappa shape index (κ2) is 9.13. The summed E-state index contributed by atoms with van der Waals surface area (Å²) in [4.78, 5) is 10.5. The van der Waals surface area contributed by atoms with Crippen LogP contribution in [0.2, 0.25) is 0 Å². The maximum absolute atomic E-state index is 13.2. The van der Waals surface area contributed by atoms with E-state index >= 15 is 0 Å². The Morgan fingerprint density at radius 2 is 1.42 bits per heavy atom. The van der Waals surface area contributed by atoms with Gasteiger partial charge in [-0.3, -0.25) is 4.79 Å². The Labute approximate surface area is 140 Å². The van der Waals surface area contributed by atoms with Crippen LogP contribution in [0.15, 0.2) is 48.5 Å². The molecular weight excluding hydrogens is 312 g/mol. The molecule has 2 aromatic carbocycles. The van der Waals surface area contributed by atoms with Crippen molar-refractivity contribution in [2.45, 2.75) is 25.2 Å². The van der Waals surface area contributed by atoms with Gasteiger partial charge in [0.05, 0.1) is 6.42 Å². The van der Waals surface area contributed by atoms with E-state index in [0.717, 1.165) is 24.0 Å². The quantitative estimate of drug-likeness (QED) is 0.683. The second-order valence-corrected chi connectivity index (χ2v) is 5.69. The van der Waals surface area contributed by atoms with Crippen LogP contribution in [-0.2, 0) is 4.79 Å². The molecule has 0 unspecified atom stereocenters. The molecule has 0 fully saturated rings. The van der Waals surface area contributed by atoms with Crippen molar-refractivity contribution in [1.29, 1.82) is 0 Å². The Morgan fingerprint density at radius 3 is 1.88 bits per heavy atom. The third-order valence-corrected chi connectivity index (χ3v) is 3.91. The zero-order chi connectivity index (χ0) is 17.4. The van der Waals surface area contributed by atoms with Crippen LogP contribution >= 0.6 is 0 Å². The monoisotopic (exact) mass is 333 g/mol. The summed E-state index contributed by atoms with van der Waals surface area (Å²) in [7, 11) is 0. The highest BCUT2D eigenvalue weighted by Gasteiger charge is 2.14. The number of carboxylic acid groups (broad SMARTS) is 1. The van der Waals surface area contributed by atoms with Gasteiger partial charge in [0.2, 0.25) is 0 Å². The van der Waals surface area contributed by atoms with Gasteiger partial charge in [0.25, 0.3) is 0 Å². The number of hydrogen-bond donors (Lipinski definition) is 2. The van der Waals surface area contributed by atoms with Gasteiger partial charge in [-0.15, -0.1) is 0 Å². The minimum absolute atomic E-state index is 0.0486. The molecule has 0 aliphatic heterocycles. The van der Waals surface area contributed by atoms with Crippen molar-refractivity contribution < 1.29 is 18.7 Å². The first-order chi connectivity index (χ1) is 11.6. The molecule has 2 rings (SSSR count). The lowest BCUT2D eigenvalue weighted by Gasteiger charge is -2.18. The van der Waals surface area contributed by atoms with Gasteiger partial charge in [-0.2, -0.15) is 0 Å². The van der Waals surface area contributed by atoms with E-state index in [4.69, 9.17) is 5.11 Å². The summed E-state index contributed by atoms with van der Waals surface area (Å²) >= 11 is 0. The van der Waals surface area contributed by atoms with Crippen molar-refractivity contribution in [2.24, 2.45) is 0 Å². The van der Waals surface area contributed by atoms with E-state index in [9.17, 15) is 13.6 Å². The van der Waals surface area contributed by atoms with Crippen LogP contribution in [0.1, 0.15) is 36.3 Å². The maximum atomic E-state index is 13.2. The Balaban J connectivity index is 1.99. The third-order valence-electron chi connectivity index (χ3n) is 3.91. The van der Waals surface area contributed by atoms with Gasteiger partial charge in [-0.1, -0.05) is 24.3 Å². The average molecular weight is 333 g/mol. The molecule has 0 bridgehead atoms. The Kier molecular flexibility index (Phi) is 6.88. The van der Waals surface area contributed by atoms with Gasteiger partial charge in [-0.25, -0.2) is 8.78 Å². The van der Waals surface area contributed by atoms with E-state index in [-0.39, 0.29) is 24.0 Å². The molecule has 2 aromatic rings. The second-order valence-electron chi connectivity index (χ2n) is 5.69. The molecular formula is C19H21F2NO2. The smallest absolute Gasteiger partial charge is 0.304 e. The molecule has 0 radical (unpaired) electrons. The number of rotatable bonds is 9. The molecule has 0 saturated heterocycles. The molecule has 24 heavy (non-hydrogen) atoms. The molecule has 0 aliphatic carbocycles. The fourth-order valence-corrected chi connectivity index (χ4v) is 2.67. The van der Waals surface area contributed by atoms with E-state index in [0.29, 0.717) is 13.1 Å². The van der Waals surface area contributed by atoms with Gasteiger partial charge < -0.3 is 10.4 Å². The summed E-state index contributed by atoms with van der Waals surface area (Å²) in [5, 5.41) is 11.7. The lowest BCUT2D eigenvalue weighted by atomic mass is 9.87. The molecule has 128 valence electrons. The zero-order valence-electron chi connectivity index (χ0n) is 13.3. The van der Waals surface area contributed by atoms with Crippen LogP contribution in [0.5, 0.6) is 0 Å². The first-order valence-electron chi connectivity index (χ1n) is 7.99. The van der Waals surface area contributed by atoms with E-state index < -0.39 is 5.97 Å². The van der Waals surface area contributed by atoms with Crippen molar-refractivity contribution in [3.8, 4) is 0 Å². The minimum Gasteiger partial charge on any atom is -0.481 e. The Bertz CT molecular complexity index is 596. The van der Waals surface area contributed by atoms with Crippen molar-refractivity contribution >= 4 is 5.97 Å². The number of carbonyl (C=O) groups is 1. The van der Waals surface area contributed by atoms with Gasteiger partial charge in [0, 0.05) is 12.5 Å². The highest BCUT2D eigenvalue weighted by molar-refractivity contribution is 5.66. The molecule has 0 spiro atoms. The third kappa shape index (κ3) is 5.74. The van der Waals surface area contributed by atoms with Crippen LogP contribution in [0.3, 0.4) is 0 Å². The maximum Gasteiger partial charge on any atom is 0.304 e. The molecule has 3 nitrogen and oxygen atoms in total. The van der Waals surface area contributed by atoms with E-state index in [2.05, 4.69) is 5.32 Å². The zero-order valence-corrected chi connectivity index (χ0v) is 13.3. The molecule has 2 N–H and O–H groups in total. The summed E-state index contributed by atoms with van der Waals surface area (Å²) in [6, 6.07) is 12.7. The predicted octanol–water partition coefficient (Wildman–Crippen LogP) is 3.94. The SMILES string of the molecule is O=C(O)CCNCCCC(c1ccc(F)cc1)c1ccc(F)cc1. The lowest BCUT2D eigenvalue weighted by molar-refractivity contribution is -0.136. The van der Waals surface area contributed by atoms with Crippen LogP contribution < -0.4 is 5.32 Å². The molecule has 0 aromatic heterocycles. The van der Waals surface area contributed by atoms with Crippen LogP contribution in [-0.4, -0.2) is 24.2 Å². The number of halogens is 2. The highest BCUT2D eigenvalue weighted by atomic mass is 19.1. The predicted molar refractivity (Wildman–Crippen MR) is 89.0 cm³/mol. The molecule has 5 heteroatoms. The first kappa shape index (κ1) is 18.1. The van der Waals surface area contributed by atoms with E-state index in [1.165, 1.54) is 24.3 Å². The average Bonchev–Trinajstić information content (AvgIpc) is 2.56. The number of hydrogen-bond acceptors (Lipinski definition) is 2. The fraction of sp³-hybridized carbons (Fsp3) is 0.316. The fourth-order valence-electron chi connectivity index (χ4n) is 2.67. The molecule has 0 amide bonds. The summed E-state index contributed by atoms with van der Waals surface area (Å²) in [6.07, 6.45) is 1.73. The van der Waals surface area contributed by atoms with Gasteiger partial charge >= 0.3 is 5.97 Å². The van der Waals surface area contributed by atoms with Crippen LogP contribution in [0.4, 0.5) is 8.78 Å². The molecule has 0 saturated carbocycles. The normalized spacial score (nSPS) is 11.0. The van der Waals surface area contributed by atoms with E-state index in [1.54, 1.807) is 24.3 Å². The van der Waals surface area contributed by atoms with Crippen molar-refractivity contribution in [3.63, 3.8) is 0 Å².